The van der Waals surface area contributed by atoms with Gasteiger partial charge in [-0.05, 0) is 13.0 Å². The molecule has 0 aliphatic carbocycles. The molecule has 1 N–H and O–H groups in total. The Balaban J connectivity index is 2.14. The normalized spacial score (nSPS) is 15.3. The summed E-state index contributed by atoms with van der Waals surface area (Å²) >= 11 is 0. The molecule has 0 bridgehead atoms. The molecule has 1 fully saturated rings. The lowest BCUT2D eigenvalue weighted by Crippen LogP contribution is -2.43. The van der Waals surface area contributed by atoms with Crippen LogP contribution < -0.4 is 10.2 Å². The summed E-state index contributed by atoms with van der Waals surface area (Å²) in [6.07, 6.45) is -4.90. The minimum atomic E-state index is -4.90. The summed E-state index contributed by atoms with van der Waals surface area (Å²) in [6.45, 7) is 3.65. The molecular weight excluding hydrogens is 356 g/mol. The van der Waals surface area contributed by atoms with Crippen LogP contribution in [0.3, 0.4) is 0 Å². The highest BCUT2D eigenvalue weighted by Gasteiger charge is 2.39. The number of esters is 1. The number of rotatable bonds is 3. The molecule has 2 aromatic rings. The van der Waals surface area contributed by atoms with Gasteiger partial charge in [-0.25, -0.2) is 19.2 Å². The molecule has 140 valence electrons. The number of alkyl halides is 3. The van der Waals surface area contributed by atoms with Gasteiger partial charge in [-0.1, -0.05) is 0 Å². The third kappa shape index (κ3) is 3.55. The number of hydrogen-bond acceptors (Lipinski definition) is 6. The fourth-order valence-corrected chi connectivity index (χ4v) is 2.75. The third-order valence-electron chi connectivity index (χ3n) is 3.93. The SMILES string of the molecule is CCOC(=O)c1nc2cc(F)c(N3CCNCC3)cc2nc1C(F)(F)F. The van der Waals surface area contributed by atoms with Crippen molar-refractivity contribution in [2.75, 3.05) is 37.7 Å². The van der Waals surface area contributed by atoms with Crippen LogP contribution in [0.5, 0.6) is 0 Å². The first-order valence-corrected chi connectivity index (χ1v) is 8.02. The zero-order valence-electron chi connectivity index (χ0n) is 13.9. The second-order valence-corrected chi connectivity index (χ2v) is 5.67. The first kappa shape index (κ1) is 18.3. The molecule has 1 aromatic heterocycles. The second-order valence-electron chi connectivity index (χ2n) is 5.67. The van der Waals surface area contributed by atoms with Crippen LogP contribution in [0.25, 0.3) is 11.0 Å². The smallest absolute Gasteiger partial charge is 0.435 e. The van der Waals surface area contributed by atoms with Crippen molar-refractivity contribution in [3.05, 3.63) is 29.3 Å². The Morgan fingerprint density at radius 1 is 1.23 bits per heavy atom. The highest BCUT2D eigenvalue weighted by Crippen LogP contribution is 2.33. The van der Waals surface area contributed by atoms with Crippen LogP contribution in [0.2, 0.25) is 0 Å². The van der Waals surface area contributed by atoms with Gasteiger partial charge in [0.2, 0.25) is 0 Å². The van der Waals surface area contributed by atoms with E-state index in [0.717, 1.165) is 6.07 Å². The van der Waals surface area contributed by atoms with Crippen LogP contribution in [0.4, 0.5) is 23.2 Å². The highest BCUT2D eigenvalue weighted by molar-refractivity contribution is 5.92. The summed E-state index contributed by atoms with van der Waals surface area (Å²) in [6, 6.07) is 2.22. The second kappa shape index (κ2) is 7.02. The summed E-state index contributed by atoms with van der Waals surface area (Å²) in [4.78, 5) is 20.8. The zero-order chi connectivity index (χ0) is 18.9. The van der Waals surface area contributed by atoms with Gasteiger partial charge in [-0.2, -0.15) is 13.2 Å². The van der Waals surface area contributed by atoms with Crippen molar-refractivity contribution in [3.63, 3.8) is 0 Å². The standard InChI is InChI=1S/C16H16F4N4O2/c1-2-26-15(25)13-14(16(18,19)20)23-11-8-12(9(17)7-10(11)22-13)24-5-3-21-4-6-24/h7-8,21H,2-6H2,1H3. The number of fused-ring (bicyclic) bond motifs is 1. The molecule has 10 heteroatoms. The minimum absolute atomic E-state index is 0.119. The first-order valence-electron chi connectivity index (χ1n) is 8.02. The van der Waals surface area contributed by atoms with E-state index in [2.05, 4.69) is 20.0 Å². The molecule has 0 unspecified atom stereocenters. The maximum Gasteiger partial charge on any atom is 0.435 e. The maximum atomic E-state index is 14.5. The number of carbonyl (C=O) groups excluding carboxylic acids is 1. The maximum absolute atomic E-state index is 14.5. The average Bonchev–Trinajstić information content (AvgIpc) is 2.60. The molecule has 26 heavy (non-hydrogen) atoms. The number of carbonyl (C=O) groups is 1. The van der Waals surface area contributed by atoms with E-state index >= 15 is 0 Å². The Morgan fingerprint density at radius 2 is 1.88 bits per heavy atom. The molecule has 0 spiro atoms. The number of aromatic nitrogens is 2. The Morgan fingerprint density at radius 3 is 2.50 bits per heavy atom. The molecule has 0 atom stereocenters. The van der Waals surface area contributed by atoms with Crippen molar-refractivity contribution in [1.82, 2.24) is 15.3 Å². The topological polar surface area (TPSA) is 67.3 Å². The van der Waals surface area contributed by atoms with E-state index in [1.54, 1.807) is 4.90 Å². The van der Waals surface area contributed by atoms with Gasteiger partial charge < -0.3 is 15.0 Å². The van der Waals surface area contributed by atoms with Gasteiger partial charge in [0.15, 0.2) is 11.4 Å². The fraction of sp³-hybridized carbons (Fsp3) is 0.438. The summed E-state index contributed by atoms with van der Waals surface area (Å²) < 4.78 is 59.0. The zero-order valence-corrected chi connectivity index (χ0v) is 13.9. The van der Waals surface area contributed by atoms with E-state index in [1.165, 1.54) is 13.0 Å². The largest absolute Gasteiger partial charge is 0.461 e. The van der Waals surface area contributed by atoms with Crippen molar-refractivity contribution in [3.8, 4) is 0 Å². The Labute approximate surface area is 146 Å². The summed E-state index contributed by atoms with van der Waals surface area (Å²) in [5.74, 6) is -1.89. The molecule has 1 saturated heterocycles. The lowest BCUT2D eigenvalue weighted by Gasteiger charge is -2.29. The predicted octanol–water partition coefficient (Wildman–Crippen LogP) is 2.37. The van der Waals surface area contributed by atoms with E-state index in [-0.39, 0.29) is 23.3 Å². The fourth-order valence-electron chi connectivity index (χ4n) is 2.75. The molecule has 2 heterocycles. The van der Waals surface area contributed by atoms with Gasteiger partial charge in [0.25, 0.3) is 0 Å². The molecule has 6 nitrogen and oxygen atoms in total. The van der Waals surface area contributed by atoms with E-state index in [0.29, 0.717) is 26.2 Å². The average molecular weight is 372 g/mol. The molecule has 1 aliphatic heterocycles. The number of halogens is 4. The van der Waals surface area contributed by atoms with Gasteiger partial charge in [-0.3, -0.25) is 0 Å². The van der Waals surface area contributed by atoms with Crippen LogP contribution in [0.15, 0.2) is 12.1 Å². The van der Waals surface area contributed by atoms with Crippen LogP contribution >= 0.6 is 0 Å². The van der Waals surface area contributed by atoms with Crippen molar-refractivity contribution in [2.45, 2.75) is 13.1 Å². The Hall–Kier alpha value is -2.49. The molecule has 3 rings (SSSR count). The lowest BCUT2D eigenvalue weighted by atomic mass is 10.2. The number of nitrogens with one attached hydrogen (secondary N) is 1. The number of benzene rings is 1. The van der Waals surface area contributed by atoms with Gasteiger partial charge in [0.1, 0.15) is 5.82 Å². The van der Waals surface area contributed by atoms with Gasteiger partial charge in [0.05, 0.1) is 23.3 Å². The molecule has 1 aliphatic rings. The first-order chi connectivity index (χ1) is 12.3. The monoisotopic (exact) mass is 372 g/mol. The van der Waals surface area contributed by atoms with Crippen LogP contribution in [-0.2, 0) is 10.9 Å². The van der Waals surface area contributed by atoms with Gasteiger partial charge in [0, 0.05) is 32.2 Å². The summed E-state index contributed by atoms with van der Waals surface area (Å²) in [5.41, 5.74) is -2.54. The number of ether oxygens (including phenoxy) is 1. The van der Waals surface area contributed by atoms with Crippen LogP contribution in [0, 0.1) is 5.82 Å². The van der Waals surface area contributed by atoms with E-state index in [4.69, 9.17) is 0 Å². The third-order valence-corrected chi connectivity index (χ3v) is 3.93. The number of piperazine rings is 1. The Bertz CT molecular complexity index is 835. The summed E-state index contributed by atoms with van der Waals surface area (Å²) in [5, 5.41) is 3.11. The van der Waals surface area contributed by atoms with Crippen LogP contribution in [0.1, 0.15) is 23.1 Å². The quantitative estimate of drug-likeness (QED) is 0.659. The van der Waals surface area contributed by atoms with Crippen molar-refractivity contribution < 1.29 is 27.1 Å². The number of hydrogen-bond donors (Lipinski definition) is 1. The highest BCUT2D eigenvalue weighted by atomic mass is 19.4. The minimum Gasteiger partial charge on any atom is -0.461 e. The molecule has 1 aromatic carbocycles. The molecule has 0 amide bonds. The number of anilines is 1. The van der Waals surface area contributed by atoms with Gasteiger partial charge >= 0.3 is 12.1 Å². The lowest BCUT2D eigenvalue weighted by molar-refractivity contribution is -0.141. The summed E-state index contributed by atoms with van der Waals surface area (Å²) in [7, 11) is 0. The van der Waals surface area contributed by atoms with E-state index in [9.17, 15) is 22.4 Å². The van der Waals surface area contributed by atoms with Crippen molar-refractivity contribution in [2.24, 2.45) is 0 Å². The van der Waals surface area contributed by atoms with Crippen LogP contribution in [-0.4, -0.2) is 48.7 Å². The molecule has 0 saturated carbocycles. The predicted molar refractivity (Wildman–Crippen MR) is 85.5 cm³/mol. The van der Waals surface area contributed by atoms with Gasteiger partial charge in [-0.15, -0.1) is 0 Å². The van der Waals surface area contributed by atoms with Crippen molar-refractivity contribution in [1.29, 1.82) is 0 Å². The number of nitrogens with zero attached hydrogens (tertiary/aromatic N) is 3. The van der Waals surface area contributed by atoms with E-state index < -0.39 is 29.4 Å². The Kier molecular flexibility index (Phi) is 4.94. The van der Waals surface area contributed by atoms with E-state index in [1.807, 2.05) is 0 Å². The molecular formula is C16H16F4N4O2. The van der Waals surface area contributed by atoms with Crippen molar-refractivity contribution >= 4 is 22.7 Å². The molecule has 0 radical (unpaired) electrons.